The molecule has 0 aromatic heterocycles. The van der Waals surface area contributed by atoms with E-state index in [0.29, 0.717) is 17.4 Å². The highest BCUT2D eigenvalue weighted by molar-refractivity contribution is 6.02. The number of carbonyl (C=O) groups excluding carboxylic acids is 1. The number of benzene rings is 1. The van der Waals surface area contributed by atoms with Gasteiger partial charge in [-0.2, -0.15) is 0 Å². The van der Waals surface area contributed by atoms with Crippen molar-refractivity contribution in [2.45, 2.75) is 33.6 Å². The van der Waals surface area contributed by atoms with E-state index in [2.05, 4.69) is 26.8 Å². The SMILES string of the molecule is COc1ccc(/C=C/C(=O)/C=C/C2C(C)=CCCC2(C)C)cc1OC. The van der Waals surface area contributed by atoms with Crippen LogP contribution in [-0.2, 0) is 4.79 Å². The summed E-state index contributed by atoms with van der Waals surface area (Å²) in [5, 5.41) is 0. The first kappa shape index (κ1) is 19.0. The van der Waals surface area contributed by atoms with Crippen LogP contribution in [0.4, 0.5) is 0 Å². The molecule has 25 heavy (non-hydrogen) atoms. The molecule has 0 aliphatic heterocycles. The Morgan fingerprint density at radius 3 is 2.52 bits per heavy atom. The largest absolute Gasteiger partial charge is 0.493 e. The lowest BCUT2D eigenvalue weighted by atomic mass is 9.68. The van der Waals surface area contributed by atoms with E-state index in [1.54, 1.807) is 32.4 Å². The molecule has 1 unspecified atom stereocenters. The fourth-order valence-corrected chi connectivity index (χ4v) is 3.36. The van der Waals surface area contributed by atoms with Gasteiger partial charge in [0.2, 0.25) is 0 Å². The van der Waals surface area contributed by atoms with Gasteiger partial charge in [-0.15, -0.1) is 0 Å². The summed E-state index contributed by atoms with van der Waals surface area (Å²) in [4.78, 5) is 12.2. The van der Waals surface area contributed by atoms with Crippen molar-refractivity contribution in [2.24, 2.45) is 11.3 Å². The van der Waals surface area contributed by atoms with Gasteiger partial charge in [-0.3, -0.25) is 4.79 Å². The molecule has 0 spiro atoms. The fraction of sp³-hybridized carbons (Fsp3) is 0.409. The number of hydrogen-bond donors (Lipinski definition) is 0. The van der Waals surface area contributed by atoms with E-state index in [-0.39, 0.29) is 11.2 Å². The smallest absolute Gasteiger partial charge is 0.178 e. The monoisotopic (exact) mass is 340 g/mol. The molecule has 0 bridgehead atoms. The normalized spacial score (nSPS) is 19.9. The summed E-state index contributed by atoms with van der Waals surface area (Å²) in [6.07, 6.45) is 11.7. The van der Waals surface area contributed by atoms with Crippen molar-refractivity contribution in [3.63, 3.8) is 0 Å². The topological polar surface area (TPSA) is 35.5 Å². The number of rotatable bonds is 6. The van der Waals surface area contributed by atoms with E-state index in [1.165, 1.54) is 5.57 Å². The molecule has 0 heterocycles. The Morgan fingerprint density at radius 1 is 1.16 bits per heavy atom. The van der Waals surface area contributed by atoms with Crippen LogP contribution in [0, 0.1) is 11.3 Å². The Hall–Kier alpha value is -2.29. The average Bonchev–Trinajstić information content (AvgIpc) is 2.58. The van der Waals surface area contributed by atoms with Crippen LogP contribution < -0.4 is 9.47 Å². The predicted molar refractivity (Wildman–Crippen MR) is 103 cm³/mol. The minimum absolute atomic E-state index is 0.0102. The third-order valence-electron chi connectivity index (χ3n) is 4.89. The van der Waals surface area contributed by atoms with Crippen LogP contribution in [0.3, 0.4) is 0 Å². The number of ketones is 1. The van der Waals surface area contributed by atoms with Gasteiger partial charge in [-0.25, -0.2) is 0 Å². The zero-order valence-corrected chi connectivity index (χ0v) is 15.8. The third-order valence-corrected chi connectivity index (χ3v) is 4.89. The number of ether oxygens (including phenoxy) is 2. The van der Waals surface area contributed by atoms with Crippen molar-refractivity contribution in [1.29, 1.82) is 0 Å². The maximum Gasteiger partial charge on any atom is 0.178 e. The quantitative estimate of drug-likeness (QED) is 0.526. The fourth-order valence-electron chi connectivity index (χ4n) is 3.36. The van der Waals surface area contributed by atoms with E-state index in [4.69, 9.17) is 9.47 Å². The molecule has 134 valence electrons. The minimum Gasteiger partial charge on any atom is -0.493 e. The van der Waals surface area contributed by atoms with E-state index in [1.807, 2.05) is 24.3 Å². The van der Waals surface area contributed by atoms with Gasteiger partial charge in [-0.05, 0) is 55.0 Å². The number of allylic oxidation sites excluding steroid dienone is 5. The molecule has 1 aromatic rings. The van der Waals surface area contributed by atoms with Gasteiger partial charge in [0.1, 0.15) is 0 Å². The molecular formula is C22H28O3. The first-order valence-electron chi connectivity index (χ1n) is 8.66. The van der Waals surface area contributed by atoms with Crippen LogP contribution in [0.15, 0.2) is 48.1 Å². The van der Waals surface area contributed by atoms with Gasteiger partial charge in [-0.1, -0.05) is 43.7 Å². The van der Waals surface area contributed by atoms with Crippen molar-refractivity contribution in [1.82, 2.24) is 0 Å². The molecule has 3 heteroatoms. The Labute approximate surface area is 151 Å². The summed E-state index contributed by atoms with van der Waals surface area (Å²) in [5.41, 5.74) is 2.44. The van der Waals surface area contributed by atoms with Crippen LogP contribution in [0.25, 0.3) is 6.08 Å². The molecule has 1 aliphatic rings. The molecular weight excluding hydrogens is 312 g/mol. The highest BCUT2D eigenvalue weighted by Gasteiger charge is 2.30. The van der Waals surface area contributed by atoms with Crippen molar-refractivity contribution >= 4 is 11.9 Å². The average molecular weight is 340 g/mol. The summed E-state index contributed by atoms with van der Waals surface area (Å²) in [5.74, 6) is 1.63. The molecule has 1 atom stereocenters. The Balaban J connectivity index is 2.08. The van der Waals surface area contributed by atoms with Gasteiger partial charge in [0.05, 0.1) is 14.2 Å². The first-order chi connectivity index (χ1) is 11.9. The highest BCUT2D eigenvalue weighted by Crippen LogP contribution is 2.41. The second kappa shape index (κ2) is 8.19. The first-order valence-corrected chi connectivity index (χ1v) is 8.66. The van der Waals surface area contributed by atoms with Crippen LogP contribution in [-0.4, -0.2) is 20.0 Å². The Bertz CT molecular complexity index is 708. The lowest BCUT2D eigenvalue weighted by Gasteiger charge is -2.36. The molecule has 3 nitrogen and oxygen atoms in total. The standard InChI is InChI=1S/C22H28O3/c1-16-7-6-14-22(2,3)19(16)12-11-18(23)10-8-17-9-13-20(24-4)21(15-17)25-5/h7-13,15,19H,6,14H2,1-5H3/b10-8+,12-11+. The van der Waals surface area contributed by atoms with E-state index in [9.17, 15) is 4.79 Å². The van der Waals surface area contributed by atoms with Crippen molar-refractivity contribution in [3.05, 3.63) is 53.6 Å². The lowest BCUT2D eigenvalue weighted by Crippen LogP contribution is -2.26. The van der Waals surface area contributed by atoms with Gasteiger partial charge >= 0.3 is 0 Å². The number of carbonyl (C=O) groups is 1. The van der Waals surface area contributed by atoms with Crippen LogP contribution in [0.1, 0.15) is 39.2 Å². The lowest BCUT2D eigenvalue weighted by molar-refractivity contribution is -0.110. The Kier molecular flexibility index (Phi) is 6.24. The molecule has 1 aromatic carbocycles. The van der Waals surface area contributed by atoms with Crippen LogP contribution in [0.5, 0.6) is 11.5 Å². The van der Waals surface area contributed by atoms with Crippen LogP contribution >= 0.6 is 0 Å². The van der Waals surface area contributed by atoms with Crippen molar-refractivity contribution in [2.75, 3.05) is 14.2 Å². The second-order valence-corrected chi connectivity index (χ2v) is 7.16. The molecule has 2 rings (SSSR count). The summed E-state index contributed by atoms with van der Waals surface area (Å²) in [6.45, 7) is 6.69. The number of methoxy groups -OCH3 is 2. The molecule has 0 saturated heterocycles. The van der Waals surface area contributed by atoms with Crippen LogP contribution in [0.2, 0.25) is 0 Å². The third kappa shape index (κ3) is 4.85. The highest BCUT2D eigenvalue weighted by atomic mass is 16.5. The number of hydrogen-bond acceptors (Lipinski definition) is 3. The molecule has 0 N–H and O–H groups in total. The molecule has 0 radical (unpaired) electrons. The molecule has 1 aliphatic carbocycles. The maximum absolute atomic E-state index is 12.2. The minimum atomic E-state index is -0.0102. The van der Waals surface area contributed by atoms with Gasteiger partial charge in [0.15, 0.2) is 17.3 Å². The summed E-state index contributed by atoms with van der Waals surface area (Å²) < 4.78 is 10.5. The van der Waals surface area contributed by atoms with Crippen molar-refractivity contribution in [3.8, 4) is 11.5 Å². The second-order valence-electron chi connectivity index (χ2n) is 7.16. The van der Waals surface area contributed by atoms with Gasteiger partial charge < -0.3 is 9.47 Å². The van der Waals surface area contributed by atoms with Gasteiger partial charge in [0, 0.05) is 5.92 Å². The predicted octanol–water partition coefficient (Wildman–Crippen LogP) is 5.22. The molecule has 0 fully saturated rings. The molecule has 0 saturated carbocycles. The molecule has 0 amide bonds. The summed E-state index contributed by atoms with van der Waals surface area (Å²) in [6, 6.07) is 5.58. The van der Waals surface area contributed by atoms with Gasteiger partial charge in [0.25, 0.3) is 0 Å². The van der Waals surface area contributed by atoms with E-state index >= 15 is 0 Å². The maximum atomic E-state index is 12.2. The van der Waals surface area contributed by atoms with E-state index < -0.39 is 0 Å². The zero-order chi connectivity index (χ0) is 18.4. The zero-order valence-electron chi connectivity index (χ0n) is 15.8. The summed E-state index contributed by atoms with van der Waals surface area (Å²) >= 11 is 0. The van der Waals surface area contributed by atoms with E-state index in [0.717, 1.165) is 18.4 Å². The Morgan fingerprint density at radius 2 is 1.88 bits per heavy atom. The summed E-state index contributed by atoms with van der Waals surface area (Å²) in [7, 11) is 3.20. The van der Waals surface area contributed by atoms with Crippen molar-refractivity contribution < 1.29 is 14.3 Å².